The largest absolute Gasteiger partial charge is 0.354 e. The van der Waals surface area contributed by atoms with Gasteiger partial charge in [0.25, 0.3) is 10.0 Å². The number of anilines is 1. The molecule has 0 heterocycles. The number of rotatable bonds is 11. The maximum Gasteiger partial charge on any atom is 0.264 e. The highest BCUT2D eigenvalue weighted by Gasteiger charge is 2.26. The van der Waals surface area contributed by atoms with Crippen LogP contribution in [0, 0.1) is 6.92 Å². The molecule has 5 nitrogen and oxygen atoms in total. The summed E-state index contributed by atoms with van der Waals surface area (Å²) in [6, 6.07) is 25.4. The Kier molecular flexibility index (Phi) is 8.76. The molecule has 0 aliphatic rings. The lowest BCUT2D eigenvalue weighted by molar-refractivity contribution is -0.119. The molecule has 3 aromatic carbocycles. The van der Waals surface area contributed by atoms with Crippen molar-refractivity contribution in [3.05, 3.63) is 96.1 Å². The molecule has 0 bridgehead atoms. The smallest absolute Gasteiger partial charge is 0.264 e. The zero-order chi connectivity index (χ0) is 22.8. The van der Waals surface area contributed by atoms with Crippen molar-refractivity contribution >= 4 is 33.4 Å². The summed E-state index contributed by atoms with van der Waals surface area (Å²) in [6.45, 7) is 2.31. The highest BCUT2D eigenvalue weighted by molar-refractivity contribution is 7.98. The van der Waals surface area contributed by atoms with Gasteiger partial charge in [0.15, 0.2) is 0 Å². The number of hydrogen-bond acceptors (Lipinski definition) is 4. The van der Waals surface area contributed by atoms with Gasteiger partial charge in [-0.05, 0) is 48.9 Å². The van der Waals surface area contributed by atoms with Gasteiger partial charge in [0, 0.05) is 12.3 Å². The van der Waals surface area contributed by atoms with Crippen LogP contribution >= 0.6 is 11.8 Å². The quantitative estimate of drug-likeness (QED) is 0.417. The van der Waals surface area contributed by atoms with E-state index in [0.29, 0.717) is 12.2 Å². The molecule has 3 rings (SSSR count). The van der Waals surface area contributed by atoms with Crippen LogP contribution in [0.1, 0.15) is 17.5 Å². The lowest BCUT2D eigenvalue weighted by Gasteiger charge is -2.24. The topological polar surface area (TPSA) is 66.5 Å². The number of thioether (sulfide) groups is 1. The Bertz CT molecular complexity index is 1090. The zero-order valence-electron chi connectivity index (χ0n) is 18.1. The SMILES string of the molecule is Cc1ccc(CSCCCNC(=O)CN(c2ccccc2)S(=O)(=O)c2ccccc2)cc1. The van der Waals surface area contributed by atoms with E-state index in [9.17, 15) is 13.2 Å². The van der Waals surface area contributed by atoms with E-state index in [1.54, 1.807) is 42.5 Å². The summed E-state index contributed by atoms with van der Waals surface area (Å²) in [5.74, 6) is 1.53. The maximum atomic E-state index is 13.2. The second-order valence-electron chi connectivity index (χ2n) is 7.40. The molecule has 1 amide bonds. The fourth-order valence-corrected chi connectivity index (χ4v) is 5.45. The first-order valence-corrected chi connectivity index (χ1v) is 13.1. The van der Waals surface area contributed by atoms with Crippen LogP contribution in [0.5, 0.6) is 0 Å². The number of nitrogens with zero attached hydrogens (tertiary/aromatic N) is 1. The van der Waals surface area contributed by atoms with Crippen molar-refractivity contribution in [1.29, 1.82) is 0 Å². The van der Waals surface area contributed by atoms with Crippen molar-refractivity contribution < 1.29 is 13.2 Å². The van der Waals surface area contributed by atoms with Gasteiger partial charge in [0.05, 0.1) is 10.6 Å². The van der Waals surface area contributed by atoms with Gasteiger partial charge in [0.2, 0.25) is 5.91 Å². The highest BCUT2D eigenvalue weighted by Crippen LogP contribution is 2.23. The first-order chi connectivity index (χ1) is 15.5. The Labute approximate surface area is 194 Å². The predicted octanol–water partition coefficient (Wildman–Crippen LogP) is 4.63. The van der Waals surface area contributed by atoms with Crippen LogP contribution in [-0.4, -0.2) is 33.2 Å². The van der Waals surface area contributed by atoms with E-state index in [0.717, 1.165) is 22.2 Å². The molecular weight excluding hydrogens is 440 g/mol. The molecule has 0 fully saturated rings. The zero-order valence-corrected chi connectivity index (χ0v) is 19.7. The van der Waals surface area contributed by atoms with Crippen LogP contribution in [0.4, 0.5) is 5.69 Å². The number of sulfonamides is 1. The molecule has 32 heavy (non-hydrogen) atoms. The van der Waals surface area contributed by atoms with Crippen molar-refractivity contribution in [2.45, 2.75) is 24.0 Å². The molecule has 0 aromatic heterocycles. The Morgan fingerprint density at radius 3 is 2.19 bits per heavy atom. The van der Waals surface area contributed by atoms with E-state index in [2.05, 4.69) is 36.5 Å². The molecule has 1 N–H and O–H groups in total. The lowest BCUT2D eigenvalue weighted by atomic mass is 10.2. The van der Waals surface area contributed by atoms with Crippen molar-refractivity contribution in [3.63, 3.8) is 0 Å². The minimum atomic E-state index is -3.85. The van der Waals surface area contributed by atoms with Crippen molar-refractivity contribution in [2.75, 3.05) is 23.1 Å². The second kappa shape index (κ2) is 11.7. The normalized spacial score (nSPS) is 11.2. The van der Waals surface area contributed by atoms with E-state index in [1.807, 2.05) is 17.8 Å². The summed E-state index contributed by atoms with van der Waals surface area (Å²) in [5, 5.41) is 2.85. The van der Waals surface area contributed by atoms with Crippen molar-refractivity contribution in [1.82, 2.24) is 5.32 Å². The van der Waals surface area contributed by atoms with Gasteiger partial charge in [-0.3, -0.25) is 9.10 Å². The van der Waals surface area contributed by atoms with Gasteiger partial charge in [-0.1, -0.05) is 66.2 Å². The number of para-hydroxylation sites is 1. The molecule has 0 aliphatic carbocycles. The summed E-state index contributed by atoms with van der Waals surface area (Å²) in [5.41, 5.74) is 3.00. The predicted molar refractivity (Wildman–Crippen MR) is 132 cm³/mol. The Morgan fingerprint density at radius 1 is 0.906 bits per heavy atom. The Balaban J connectivity index is 1.52. The number of nitrogens with one attached hydrogen (secondary N) is 1. The summed E-state index contributed by atoms with van der Waals surface area (Å²) in [6.07, 6.45) is 0.818. The molecule has 0 saturated heterocycles. The second-order valence-corrected chi connectivity index (χ2v) is 10.4. The average molecular weight is 469 g/mol. The molecule has 0 saturated carbocycles. The van der Waals surface area contributed by atoms with Crippen LogP contribution in [0.2, 0.25) is 0 Å². The van der Waals surface area contributed by atoms with E-state index in [1.165, 1.54) is 23.3 Å². The number of hydrogen-bond donors (Lipinski definition) is 1. The number of carbonyl (C=O) groups excluding carboxylic acids is 1. The van der Waals surface area contributed by atoms with E-state index in [-0.39, 0.29) is 17.3 Å². The first kappa shape index (κ1) is 23.9. The Morgan fingerprint density at radius 2 is 1.53 bits per heavy atom. The summed E-state index contributed by atoms with van der Waals surface area (Å²) in [4.78, 5) is 12.7. The number of amides is 1. The lowest BCUT2D eigenvalue weighted by Crippen LogP contribution is -2.41. The standard InChI is InChI=1S/C25H28N2O3S2/c1-21-13-15-22(16-14-21)20-31-18-8-17-26-25(28)19-27(23-9-4-2-5-10-23)32(29,30)24-11-6-3-7-12-24/h2-7,9-16H,8,17-20H2,1H3,(H,26,28). The highest BCUT2D eigenvalue weighted by atomic mass is 32.2. The van der Waals surface area contributed by atoms with E-state index < -0.39 is 10.0 Å². The van der Waals surface area contributed by atoms with Crippen LogP contribution in [0.15, 0.2) is 89.8 Å². The molecule has 3 aromatic rings. The fraction of sp³-hybridized carbons (Fsp3) is 0.240. The number of aryl methyl sites for hydroxylation is 1. The maximum absolute atomic E-state index is 13.2. The molecule has 0 radical (unpaired) electrons. The number of carbonyl (C=O) groups is 1. The Hall–Kier alpha value is -2.77. The molecule has 0 unspecified atom stereocenters. The first-order valence-electron chi connectivity index (χ1n) is 10.5. The van der Waals surface area contributed by atoms with Gasteiger partial charge in [0.1, 0.15) is 6.54 Å². The van der Waals surface area contributed by atoms with E-state index in [4.69, 9.17) is 0 Å². The number of benzene rings is 3. The van der Waals surface area contributed by atoms with E-state index >= 15 is 0 Å². The van der Waals surface area contributed by atoms with Gasteiger partial charge in [-0.25, -0.2) is 8.42 Å². The molecule has 0 spiro atoms. The van der Waals surface area contributed by atoms with Crippen LogP contribution in [-0.2, 0) is 20.6 Å². The summed E-state index contributed by atoms with van der Waals surface area (Å²) < 4.78 is 27.5. The fourth-order valence-electron chi connectivity index (χ4n) is 3.09. The van der Waals surface area contributed by atoms with Crippen LogP contribution < -0.4 is 9.62 Å². The molecule has 0 atom stereocenters. The molecule has 168 valence electrons. The average Bonchev–Trinajstić information content (AvgIpc) is 2.82. The third-order valence-corrected chi connectivity index (χ3v) is 7.74. The summed E-state index contributed by atoms with van der Waals surface area (Å²) >= 11 is 1.82. The monoisotopic (exact) mass is 468 g/mol. The van der Waals surface area contributed by atoms with Crippen LogP contribution in [0.25, 0.3) is 0 Å². The van der Waals surface area contributed by atoms with Gasteiger partial charge in [-0.2, -0.15) is 11.8 Å². The van der Waals surface area contributed by atoms with Crippen LogP contribution in [0.3, 0.4) is 0 Å². The summed E-state index contributed by atoms with van der Waals surface area (Å²) in [7, 11) is -3.85. The van der Waals surface area contributed by atoms with Gasteiger partial charge < -0.3 is 5.32 Å². The van der Waals surface area contributed by atoms with Crippen molar-refractivity contribution in [2.24, 2.45) is 0 Å². The van der Waals surface area contributed by atoms with Gasteiger partial charge in [-0.15, -0.1) is 0 Å². The van der Waals surface area contributed by atoms with Crippen molar-refractivity contribution in [3.8, 4) is 0 Å². The third-order valence-electron chi connectivity index (χ3n) is 4.84. The molecular formula is C25H28N2O3S2. The third kappa shape index (κ3) is 6.87. The van der Waals surface area contributed by atoms with Gasteiger partial charge >= 0.3 is 0 Å². The molecule has 0 aliphatic heterocycles. The minimum absolute atomic E-state index is 0.157. The minimum Gasteiger partial charge on any atom is -0.354 e. The molecule has 7 heteroatoms.